The second-order valence-electron chi connectivity index (χ2n) is 4.12. The maximum Gasteiger partial charge on any atom is 0.0718 e. The average molecular weight is 221 g/mol. The van der Waals surface area contributed by atoms with E-state index in [2.05, 4.69) is 36.7 Å². The summed E-state index contributed by atoms with van der Waals surface area (Å²) in [6, 6.07) is 0. The molecule has 3 atom stereocenters. The molecule has 1 nitrogen and oxygen atoms in total. The summed E-state index contributed by atoms with van der Waals surface area (Å²) in [5.41, 5.74) is 0.100. The van der Waals surface area contributed by atoms with Gasteiger partial charge < -0.3 is 5.11 Å². The number of hydrogen-bond acceptors (Lipinski definition) is 1. The van der Waals surface area contributed by atoms with Gasteiger partial charge in [-0.05, 0) is 17.8 Å². The maximum absolute atomic E-state index is 9.78. The molecule has 0 aromatic heterocycles. The van der Waals surface area contributed by atoms with Crippen molar-refractivity contribution in [2.45, 2.75) is 44.5 Å². The van der Waals surface area contributed by atoms with Crippen molar-refractivity contribution in [3.05, 3.63) is 0 Å². The van der Waals surface area contributed by atoms with Crippen molar-refractivity contribution in [3.63, 3.8) is 0 Å². The van der Waals surface area contributed by atoms with E-state index in [0.29, 0.717) is 10.7 Å². The zero-order chi connectivity index (χ0) is 8.65. The van der Waals surface area contributed by atoms with Gasteiger partial charge in [0, 0.05) is 4.83 Å². The van der Waals surface area contributed by atoms with Crippen LogP contribution in [0.1, 0.15) is 33.6 Å². The standard InChI is InChI=1S/C9H17BrO/c1-4-6-5-7(10)8(11)9(6,2)3/h6-8,11H,4-5H2,1-3H3/t6?,7-,8+/m1/s1. The Morgan fingerprint density at radius 3 is 2.27 bits per heavy atom. The molecule has 1 N–H and O–H groups in total. The molecule has 1 rings (SSSR count). The quantitative estimate of drug-likeness (QED) is 0.674. The lowest BCUT2D eigenvalue weighted by Gasteiger charge is -2.29. The van der Waals surface area contributed by atoms with E-state index in [1.54, 1.807) is 0 Å². The van der Waals surface area contributed by atoms with Crippen LogP contribution >= 0.6 is 15.9 Å². The predicted octanol–water partition coefficient (Wildman–Crippen LogP) is 2.57. The predicted molar refractivity (Wildman–Crippen MR) is 50.9 cm³/mol. The highest BCUT2D eigenvalue weighted by Gasteiger charge is 2.46. The minimum absolute atomic E-state index is 0.100. The average Bonchev–Trinajstić information content (AvgIpc) is 2.13. The fraction of sp³-hybridized carbons (Fsp3) is 1.00. The lowest BCUT2D eigenvalue weighted by atomic mass is 9.79. The van der Waals surface area contributed by atoms with E-state index >= 15 is 0 Å². The maximum atomic E-state index is 9.78. The monoisotopic (exact) mass is 220 g/mol. The third kappa shape index (κ3) is 1.48. The third-order valence-electron chi connectivity index (χ3n) is 3.16. The van der Waals surface area contributed by atoms with Gasteiger partial charge in [0.25, 0.3) is 0 Å². The van der Waals surface area contributed by atoms with Crippen LogP contribution in [0.25, 0.3) is 0 Å². The highest BCUT2D eigenvalue weighted by molar-refractivity contribution is 9.09. The van der Waals surface area contributed by atoms with Gasteiger partial charge in [0.15, 0.2) is 0 Å². The Bertz CT molecular complexity index is 144. The highest BCUT2D eigenvalue weighted by atomic mass is 79.9. The molecule has 2 heteroatoms. The number of aliphatic hydroxyl groups excluding tert-OH is 1. The summed E-state index contributed by atoms with van der Waals surface area (Å²) in [4.78, 5) is 0.308. The van der Waals surface area contributed by atoms with E-state index in [1.165, 1.54) is 6.42 Å². The minimum atomic E-state index is -0.174. The summed E-state index contributed by atoms with van der Waals surface area (Å²) in [7, 11) is 0. The lowest BCUT2D eigenvalue weighted by molar-refractivity contribution is 0.0566. The first-order valence-corrected chi connectivity index (χ1v) is 5.23. The fourth-order valence-corrected chi connectivity index (χ4v) is 3.24. The topological polar surface area (TPSA) is 20.2 Å². The molecule has 1 saturated carbocycles. The van der Waals surface area contributed by atoms with Crippen LogP contribution in [-0.2, 0) is 0 Å². The summed E-state index contributed by atoms with van der Waals surface area (Å²) in [6.45, 7) is 6.52. The van der Waals surface area contributed by atoms with Crippen LogP contribution in [0.2, 0.25) is 0 Å². The van der Waals surface area contributed by atoms with Gasteiger partial charge in [0.2, 0.25) is 0 Å². The second-order valence-corrected chi connectivity index (χ2v) is 5.30. The highest BCUT2D eigenvalue weighted by Crippen LogP contribution is 2.47. The van der Waals surface area contributed by atoms with Gasteiger partial charge in [-0.25, -0.2) is 0 Å². The van der Waals surface area contributed by atoms with Gasteiger partial charge in [-0.3, -0.25) is 0 Å². The molecule has 0 amide bonds. The van der Waals surface area contributed by atoms with Crippen LogP contribution in [-0.4, -0.2) is 16.0 Å². The number of aliphatic hydroxyl groups is 1. The summed E-state index contributed by atoms with van der Waals surface area (Å²) >= 11 is 3.51. The molecule has 0 radical (unpaired) electrons. The Hall–Kier alpha value is 0.440. The Kier molecular flexibility index (Phi) is 2.65. The van der Waals surface area contributed by atoms with Crippen molar-refractivity contribution in [2.24, 2.45) is 11.3 Å². The van der Waals surface area contributed by atoms with Crippen LogP contribution in [0.4, 0.5) is 0 Å². The van der Waals surface area contributed by atoms with Crippen LogP contribution in [0.15, 0.2) is 0 Å². The van der Waals surface area contributed by atoms with Gasteiger partial charge in [0.05, 0.1) is 6.10 Å². The van der Waals surface area contributed by atoms with Crippen LogP contribution in [0.3, 0.4) is 0 Å². The summed E-state index contributed by atoms with van der Waals surface area (Å²) in [5, 5.41) is 9.78. The van der Waals surface area contributed by atoms with Gasteiger partial charge in [-0.1, -0.05) is 43.1 Å². The zero-order valence-electron chi connectivity index (χ0n) is 7.47. The molecular formula is C9H17BrO. The molecule has 1 aliphatic carbocycles. The van der Waals surface area contributed by atoms with Crippen molar-refractivity contribution >= 4 is 15.9 Å². The normalized spacial score (nSPS) is 42.8. The van der Waals surface area contributed by atoms with Gasteiger partial charge in [-0.15, -0.1) is 0 Å². The van der Waals surface area contributed by atoms with Crippen molar-refractivity contribution in [1.82, 2.24) is 0 Å². The Labute approximate surface area is 77.3 Å². The molecule has 11 heavy (non-hydrogen) atoms. The van der Waals surface area contributed by atoms with E-state index in [1.807, 2.05) is 0 Å². The summed E-state index contributed by atoms with van der Waals surface area (Å²) in [5.74, 6) is 0.668. The number of rotatable bonds is 1. The largest absolute Gasteiger partial charge is 0.391 e. The first-order valence-electron chi connectivity index (χ1n) is 4.32. The fourth-order valence-electron chi connectivity index (χ4n) is 2.10. The molecule has 0 spiro atoms. The molecule has 1 unspecified atom stereocenters. The third-order valence-corrected chi connectivity index (χ3v) is 4.03. The van der Waals surface area contributed by atoms with Crippen LogP contribution in [0, 0.1) is 11.3 Å². The first-order chi connectivity index (χ1) is 5.00. The Morgan fingerprint density at radius 1 is 1.55 bits per heavy atom. The van der Waals surface area contributed by atoms with Crippen molar-refractivity contribution in [1.29, 1.82) is 0 Å². The molecule has 0 bridgehead atoms. The van der Waals surface area contributed by atoms with E-state index in [4.69, 9.17) is 0 Å². The zero-order valence-corrected chi connectivity index (χ0v) is 9.06. The van der Waals surface area contributed by atoms with E-state index in [0.717, 1.165) is 6.42 Å². The van der Waals surface area contributed by atoms with Crippen molar-refractivity contribution in [3.8, 4) is 0 Å². The van der Waals surface area contributed by atoms with Gasteiger partial charge in [-0.2, -0.15) is 0 Å². The SMILES string of the molecule is CCC1C[C@@H](Br)[C@H](O)C1(C)C. The smallest absolute Gasteiger partial charge is 0.0718 e. The second kappa shape index (κ2) is 3.06. The van der Waals surface area contributed by atoms with E-state index < -0.39 is 0 Å². The lowest BCUT2D eigenvalue weighted by Crippen LogP contribution is -2.31. The van der Waals surface area contributed by atoms with Crippen molar-refractivity contribution in [2.75, 3.05) is 0 Å². The molecular weight excluding hydrogens is 204 g/mol. The summed E-state index contributed by atoms with van der Waals surface area (Å²) in [6.07, 6.45) is 2.11. The minimum Gasteiger partial charge on any atom is -0.391 e. The van der Waals surface area contributed by atoms with E-state index in [-0.39, 0.29) is 11.5 Å². The van der Waals surface area contributed by atoms with Gasteiger partial charge in [0.1, 0.15) is 0 Å². The summed E-state index contributed by atoms with van der Waals surface area (Å²) < 4.78 is 0. The molecule has 1 fully saturated rings. The van der Waals surface area contributed by atoms with E-state index in [9.17, 15) is 5.11 Å². The van der Waals surface area contributed by atoms with Gasteiger partial charge >= 0.3 is 0 Å². The molecule has 1 aliphatic rings. The molecule has 66 valence electrons. The molecule has 0 aromatic rings. The molecule has 0 aliphatic heterocycles. The molecule has 0 aromatic carbocycles. The molecule has 0 heterocycles. The van der Waals surface area contributed by atoms with Crippen LogP contribution < -0.4 is 0 Å². The Balaban J connectivity index is 2.74. The van der Waals surface area contributed by atoms with Crippen LogP contribution in [0.5, 0.6) is 0 Å². The number of hydrogen-bond donors (Lipinski definition) is 1. The Morgan fingerprint density at radius 2 is 2.09 bits per heavy atom. The van der Waals surface area contributed by atoms with Crippen molar-refractivity contribution < 1.29 is 5.11 Å². The number of halogens is 1. The first kappa shape index (κ1) is 9.53. The number of alkyl halides is 1. The molecule has 0 saturated heterocycles.